The molecule has 5 nitrogen and oxygen atoms in total. The van der Waals surface area contributed by atoms with Crippen LogP contribution < -0.4 is 15.4 Å². The molecule has 2 aromatic rings. The van der Waals surface area contributed by atoms with E-state index in [1.54, 1.807) is 7.11 Å². The van der Waals surface area contributed by atoms with Crippen LogP contribution in [0, 0.1) is 0 Å². The van der Waals surface area contributed by atoms with E-state index in [0.717, 1.165) is 41.8 Å². The summed E-state index contributed by atoms with van der Waals surface area (Å²) in [5.41, 5.74) is 2.24. The van der Waals surface area contributed by atoms with Gasteiger partial charge >= 0.3 is 6.03 Å². The number of likely N-dealkylation sites (tertiary alicyclic amines) is 1. The van der Waals surface area contributed by atoms with Gasteiger partial charge in [-0.3, -0.25) is 4.90 Å². The van der Waals surface area contributed by atoms with Gasteiger partial charge in [-0.1, -0.05) is 46.3 Å². The molecule has 0 radical (unpaired) electrons. The molecule has 1 unspecified atom stereocenters. The lowest BCUT2D eigenvalue weighted by Gasteiger charge is -2.17. The fraction of sp³-hybridized carbons (Fsp3) is 0.350. The number of hydrogen-bond acceptors (Lipinski definition) is 3. The van der Waals surface area contributed by atoms with Gasteiger partial charge in [0, 0.05) is 42.3 Å². The molecule has 0 aliphatic carbocycles. The van der Waals surface area contributed by atoms with Crippen molar-refractivity contribution in [1.82, 2.24) is 15.5 Å². The number of carbonyl (C=O) groups is 1. The molecule has 1 fully saturated rings. The summed E-state index contributed by atoms with van der Waals surface area (Å²) in [4.78, 5) is 14.6. The van der Waals surface area contributed by atoms with Gasteiger partial charge in [0.1, 0.15) is 5.75 Å². The summed E-state index contributed by atoms with van der Waals surface area (Å²) in [6, 6.07) is 16.2. The monoisotopic (exact) mass is 417 g/mol. The second-order valence-electron chi connectivity index (χ2n) is 6.49. The maximum atomic E-state index is 12.2. The van der Waals surface area contributed by atoms with Crippen molar-refractivity contribution >= 4 is 22.0 Å². The SMILES string of the molecule is COc1ccc(Br)cc1CNC(=O)NC1CCN(Cc2ccccc2)C1. The van der Waals surface area contributed by atoms with E-state index in [1.807, 2.05) is 24.3 Å². The van der Waals surface area contributed by atoms with E-state index in [9.17, 15) is 4.79 Å². The lowest BCUT2D eigenvalue weighted by atomic mass is 10.2. The number of ether oxygens (including phenoxy) is 1. The molecular formula is C20H24BrN3O2. The third-order valence-corrected chi connectivity index (χ3v) is 5.03. The first kappa shape index (κ1) is 18.7. The topological polar surface area (TPSA) is 53.6 Å². The van der Waals surface area contributed by atoms with Crippen LogP contribution in [0.1, 0.15) is 17.5 Å². The van der Waals surface area contributed by atoms with Crippen molar-refractivity contribution in [2.24, 2.45) is 0 Å². The van der Waals surface area contributed by atoms with Crippen molar-refractivity contribution in [3.8, 4) is 5.75 Å². The Labute approximate surface area is 162 Å². The van der Waals surface area contributed by atoms with Crippen molar-refractivity contribution in [2.45, 2.75) is 25.6 Å². The minimum Gasteiger partial charge on any atom is -0.496 e. The summed E-state index contributed by atoms with van der Waals surface area (Å²) < 4.78 is 6.30. The van der Waals surface area contributed by atoms with Crippen molar-refractivity contribution in [1.29, 1.82) is 0 Å². The molecule has 26 heavy (non-hydrogen) atoms. The molecule has 0 aromatic heterocycles. The Morgan fingerprint density at radius 2 is 2.08 bits per heavy atom. The van der Waals surface area contributed by atoms with Gasteiger partial charge in [-0.25, -0.2) is 4.79 Å². The molecule has 0 spiro atoms. The normalized spacial score (nSPS) is 17.1. The number of halogens is 1. The van der Waals surface area contributed by atoms with E-state index in [2.05, 4.69) is 55.7 Å². The van der Waals surface area contributed by atoms with Crippen molar-refractivity contribution in [3.05, 3.63) is 64.1 Å². The molecule has 0 bridgehead atoms. The predicted octanol–water partition coefficient (Wildman–Crippen LogP) is 3.53. The van der Waals surface area contributed by atoms with Crippen molar-refractivity contribution < 1.29 is 9.53 Å². The third-order valence-electron chi connectivity index (χ3n) is 4.54. The van der Waals surface area contributed by atoms with Crippen LogP contribution in [0.15, 0.2) is 53.0 Å². The number of methoxy groups -OCH3 is 1. The zero-order valence-electron chi connectivity index (χ0n) is 14.9. The fourth-order valence-corrected chi connectivity index (χ4v) is 3.64. The summed E-state index contributed by atoms with van der Waals surface area (Å²) in [7, 11) is 1.63. The smallest absolute Gasteiger partial charge is 0.315 e. The molecule has 3 rings (SSSR count). The standard InChI is InChI=1S/C20H24BrN3O2/c1-26-19-8-7-17(21)11-16(19)12-22-20(25)23-18-9-10-24(14-18)13-15-5-3-2-4-6-15/h2-8,11,18H,9-10,12-14H2,1H3,(H2,22,23,25). The minimum absolute atomic E-state index is 0.140. The zero-order valence-corrected chi connectivity index (χ0v) is 16.5. The highest BCUT2D eigenvalue weighted by Gasteiger charge is 2.23. The maximum Gasteiger partial charge on any atom is 0.315 e. The number of carbonyl (C=O) groups excluding carboxylic acids is 1. The number of hydrogen-bond donors (Lipinski definition) is 2. The quantitative estimate of drug-likeness (QED) is 0.755. The Morgan fingerprint density at radius 1 is 1.27 bits per heavy atom. The number of nitrogens with one attached hydrogen (secondary N) is 2. The van der Waals surface area contributed by atoms with Crippen LogP contribution in [0.2, 0.25) is 0 Å². The minimum atomic E-state index is -0.140. The Balaban J connectivity index is 1.45. The van der Waals surface area contributed by atoms with Crippen molar-refractivity contribution in [3.63, 3.8) is 0 Å². The molecule has 138 valence electrons. The zero-order chi connectivity index (χ0) is 18.4. The second-order valence-corrected chi connectivity index (χ2v) is 7.41. The van der Waals surface area contributed by atoms with Crippen LogP contribution in [-0.2, 0) is 13.1 Å². The Kier molecular flexibility index (Phi) is 6.52. The summed E-state index contributed by atoms with van der Waals surface area (Å²) in [6.07, 6.45) is 0.973. The predicted molar refractivity (Wildman–Crippen MR) is 106 cm³/mol. The Hall–Kier alpha value is -2.05. The summed E-state index contributed by atoms with van der Waals surface area (Å²) in [6.45, 7) is 3.23. The molecule has 2 amide bonds. The van der Waals surface area contributed by atoms with E-state index in [0.29, 0.717) is 6.54 Å². The number of nitrogens with zero attached hydrogens (tertiary/aromatic N) is 1. The molecule has 2 aromatic carbocycles. The lowest BCUT2D eigenvalue weighted by Crippen LogP contribution is -2.43. The molecule has 6 heteroatoms. The molecule has 1 aliphatic rings. The lowest BCUT2D eigenvalue weighted by molar-refractivity contribution is 0.235. The molecule has 2 N–H and O–H groups in total. The van der Waals surface area contributed by atoms with Crippen LogP contribution in [0.5, 0.6) is 5.75 Å². The van der Waals surface area contributed by atoms with Crippen molar-refractivity contribution in [2.75, 3.05) is 20.2 Å². The molecule has 1 heterocycles. The van der Waals surface area contributed by atoms with Gasteiger partial charge in [-0.05, 0) is 30.2 Å². The van der Waals surface area contributed by atoms with E-state index in [4.69, 9.17) is 4.74 Å². The summed E-state index contributed by atoms with van der Waals surface area (Å²) in [5.74, 6) is 0.767. The number of amides is 2. The Morgan fingerprint density at radius 3 is 2.85 bits per heavy atom. The number of urea groups is 1. The van der Waals surface area contributed by atoms with Gasteiger partial charge in [0.05, 0.1) is 7.11 Å². The molecule has 1 aliphatic heterocycles. The van der Waals surface area contributed by atoms with Gasteiger partial charge < -0.3 is 15.4 Å². The van der Waals surface area contributed by atoms with E-state index < -0.39 is 0 Å². The first-order chi connectivity index (χ1) is 12.6. The Bertz CT molecular complexity index is 739. The summed E-state index contributed by atoms with van der Waals surface area (Å²) in [5, 5.41) is 6.00. The summed E-state index contributed by atoms with van der Waals surface area (Å²) >= 11 is 3.45. The van der Waals surface area contributed by atoms with Gasteiger partial charge in [-0.2, -0.15) is 0 Å². The highest BCUT2D eigenvalue weighted by Crippen LogP contribution is 2.22. The maximum absolute atomic E-state index is 12.2. The average Bonchev–Trinajstić information content (AvgIpc) is 3.07. The van der Waals surface area contributed by atoms with Gasteiger partial charge in [0.2, 0.25) is 0 Å². The largest absolute Gasteiger partial charge is 0.496 e. The van der Waals surface area contributed by atoms with E-state index >= 15 is 0 Å². The fourth-order valence-electron chi connectivity index (χ4n) is 3.23. The van der Waals surface area contributed by atoms with Crippen LogP contribution in [-0.4, -0.2) is 37.2 Å². The van der Waals surface area contributed by atoms with Crippen LogP contribution in [0.3, 0.4) is 0 Å². The first-order valence-electron chi connectivity index (χ1n) is 8.77. The van der Waals surface area contributed by atoms with Gasteiger partial charge in [-0.15, -0.1) is 0 Å². The number of benzene rings is 2. The van der Waals surface area contributed by atoms with Gasteiger partial charge in [0.15, 0.2) is 0 Å². The van der Waals surface area contributed by atoms with Crippen LogP contribution in [0.25, 0.3) is 0 Å². The number of rotatable bonds is 6. The molecule has 0 saturated carbocycles. The van der Waals surface area contributed by atoms with E-state index in [-0.39, 0.29) is 12.1 Å². The first-order valence-corrected chi connectivity index (χ1v) is 9.56. The highest BCUT2D eigenvalue weighted by molar-refractivity contribution is 9.10. The average molecular weight is 418 g/mol. The molecule has 1 saturated heterocycles. The van der Waals surface area contributed by atoms with E-state index in [1.165, 1.54) is 5.56 Å². The molecular weight excluding hydrogens is 394 g/mol. The highest BCUT2D eigenvalue weighted by atomic mass is 79.9. The van der Waals surface area contributed by atoms with Gasteiger partial charge in [0.25, 0.3) is 0 Å². The second kappa shape index (κ2) is 9.05. The molecule has 1 atom stereocenters. The van der Waals surface area contributed by atoms with Crippen LogP contribution in [0.4, 0.5) is 4.79 Å². The van der Waals surface area contributed by atoms with Crippen LogP contribution >= 0.6 is 15.9 Å². The third kappa shape index (κ3) is 5.22.